The lowest BCUT2D eigenvalue weighted by atomic mass is 10.2. The minimum absolute atomic E-state index is 0.495. The molecule has 0 rings (SSSR count). The Labute approximate surface area is 43.0 Å². The van der Waals surface area contributed by atoms with Crippen molar-refractivity contribution < 1.29 is 4.79 Å². The maximum Gasteiger partial charge on any atom is 0.120 e. The van der Waals surface area contributed by atoms with Gasteiger partial charge in [0.05, 0.1) is 0 Å². The Morgan fingerprint density at radius 3 is 2.57 bits per heavy atom. The summed E-state index contributed by atoms with van der Waals surface area (Å²) in [6.45, 7) is 1.70. The second kappa shape index (κ2) is 3.53. The van der Waals surface area contributed by atoms with E-state index < -0.39 is 0 Å². The van der Waals surface area contributed by atoms with Gasteiger partial charge in [0, 0.05) is 12.1 Å². The Morgan fingerprint density at radius 2 is 2.43 bits per heavy atom. The van der Waals surface area contributed by atoms with Crippen LogP contribution in [-0.4, -0.2) is 12.0 Å². The molecule has 0 unspecified atom stereocenters. The van der Waals surface area contributed by atoms with Crippen LogP contribution in [0, 0.1) is 5.41 Å². The van der Waals surface area contributed by atoms with Crippen molar-refractivity contribution in [1.29, 1.82) is 5.41 Å². The molecule has 0 fully saturated rings. The summed E-state index contributed by atoms with van der Waals surface area (Å²) in [6.07, 6.45) is 1.94. The molecule has 0 saturated carbocycles. The van der Waals surface area contributed by atoms with Crippen molar-refractivity contribution in [2.24, 2.45) is 0 Å². The van der Waals surface area contributed by atoms with Gasteiger partial charge in [0.15, 0.2) is 0 Å². The van der Waals surface area contributed by atoms with E-state index in [9.17, 15) is 4.79 Å². The third kappa shape index (κ3) is 5.34. The minimum atomic E-state index is 0.495. The van der Waals surface area contributed by atoms with Crippen LogP contribution in [-0.2, 0) is 4.79 Å². The van der Waals surface area contributed by atoms with Gasteiger partial charge in [-0.2, -0.15) is 0 Å². The quantitative estimate of drug-likeness (QED) is 0.416. The Balaban J connectivity index is 2.97. The monoisotopic (exact) mass is 99.1 g/mol. The SMILES string of the molecule is CC(=N)CCC=O. The Morgan fingerprint density at radius 1 is 1.86 bits per heavy atom. The van der Waals surface area contributed by atoms with Gasteiger partial charge in [-0.05, 0) is 13.3 Å². The molecule has 0 saturated heterocycles. The largest absolute Gasteiger partial charge is 0.310 e. The second-order valence-electron chi connectivity index (χ2n) is 1.49. The van der Waals surface area contributed by atoms with Crippen LogP contribution in [0.5, 0.6) is 0 Å². The molecule has 0 spiro atoms. The van der Waals surface area contributed by atoms with Crippen LogP contribution in [0.4, 0.5) is 0 Å². The van der Waals surface area contributed by atoms with Crippen molar-refractivity contribution >= 4 is 12.0 Å². The van der Waals surface area contributed by atoms with E-state index in [-0.39, 0.29) is 0 Å². The van der Waals surface area contributed by atoms with Gasteiger partial charge >= 0.3 is 0 Å². The van der Waals surface area contributed by atoms with Crippen molar-refractivity contribution in [3.8, 4) is 0 Å². The van der Waals surface area contributed by atoms with Gasteiger partial charge in [0.1, 0.15) is 6.29 Å². The first-order valence-corrected chi connectivity index (χ1v) is 2.25. The third-order valence-corrected chi connectivity index (χ3v) is 0.637. The van der Waals surface area contributed by atoms with Crippen LogP contribution in [0.2, 0.25) is 0 Å². The molecule has 0 atom stereocenters. The molecule has 0 aromatic carbocycles. The molecule has 0 bridgehead atoms. The zero-order valence-corrected chi connectivity index (χ0v) is 4.40. The molecule has 40 valence electrons. The standard InChI is InChI=1S/C5H9NO/c1-5(6)3-2-4-7/h4,6H,2-3H2,1H3. The number of carbonyl (C=O) groups excluding carboxylic acids is 1. The van der Waals surface area contributed by atoms with Gasteiger partial charge in [-0.15, -0.1) is 0 Å². The average molecular weight is 99.1 g/mol. The molecule has 0 aromatic heterocycles. The lowest BCUT2D eigenvalue weighted by Crippen LogP contribution is -1.86. The van der Waals surface area contributed by atoms with Crippen molar-refractivity contribution in [1.82, 2.24) is 0 Å². The number of aldehydes is 1. The Kier molecular flexibility index (Phi) is 3.19. The van der Waals surface area contributed by atoms with E-state index in [1.165, 1.54) is 0 Å². The predicted molar refractivity (Wildman–Crippen MR) is 28.7 cm³/mol. The normalized spacial score (nSPS) is 8.14. The predicted octanol–water partition coefficient (Wildman–Crippen LogP) is 1.01. The third-order valence-electron chi connectivity index (χ3n) is 0.637. The molecule has 0 aliphatic rings. The molecule has 0 aromatic rings. The zero-order chi connectivity index (χ0) is 5.70. The van der Waals surface area contributed by atoms with Crippen LogP contribution >= 0.6 is 0 Å². The first kappa shape index (κ1) is 6.34. The highest BCUT2D eigenvalue weighted by atomic mass is 16.1. The first-order valence-electron chi connectivity index (χ1n) is 2.25. The van der Waals surface area contributed by atoms with E-state index in [1.54, 1.807) is 6.92 Å². The summed E-state index contributed by atoms with van der Waals surface area (Å²) in [4.78, 5) is 9.61. The molecule has 0 aliphatic carbocycles. The molecule has 0 aliphatic heterocycles. The van der Waals surface area contributed by atoms with Gasteiger partial charge in [0.2, 0.25) is 0 Å². The Bertz CT molecular complexity index is 78.1. The maximum absolute atomic E-state index is 9.61. The van der Waals surface area contributed by atoms with Gasteiger partial charge in [0.25, 0.3) is 0 Å². The van der Waals surface area contributed by atoms with Gasteiger partial charge in [-0.25, -0.2) is 0 Å². The summed E-state index contributed by atoms with van der Waals surface area (Å²) in [6, 6.07) is 0. The summed E-state index contributed by atoms with van der Waals surface area (Å²) < 4.78 is 0. The van der Waals surface area contributed by atoms with Crippen LogP contribution < -0.4 is 0 Å². The minimum Gasteiger partial charge on any atom is -0.310 e. The van der Waals surface area contributed by atoms with E-state index in [0.29, 0.717) is 18.6 Å². The van der Waals surface area contributed by atoms with Gasteiger partial charge in [-0.3, -0.25) is 0 Å². The second-order valence-corrected chi connectivity index (χ2v) is 1.49. The molecule has 7 heavy (non-hydrogen) atoms. The maximum atomic E-state index is 9.61. The number of hydrogen-bond acceptors (Lipinski definition) is 2. The van der Waals surface area contributed by atoms with E-state index in [0.717, 1.165) is 6.29 Å². The van der Waals surface area contributed by atoms with Crippen LogP contribution in [0.25, 0.3) is 0 Å². The molecule has 0 radical (unpaired) electrons. The molecular formula is C5H9NO. The highest BCUT2D eigenvalue weighted by Crippen LogP contribution is 1.83. The fraction of sp³-hybridized carbons (Fsp3) is 0.600. The fourth-order valence-corrected chi connectivity index (χ4v) is 0.275. The summed E-state index contributed by atoms with van der Waals surface area (Å²) in [5.74, 6) is 0. The lowest BCUT2D eigenvalue weighted by Gasteiger charge is -1.84. The van der Waals surface area contributed by atoms with Crippen molar-refractivity contribution in [2.75, 3.05) is 0 Å². The first-order chi connectivity index (χ1) is 3.27. The fourth-order valence-electron chi connectivity index (χ4n) is 0.275. The molecular weight excluding hydrogens is 90.1 g/mol. The van der Waals surface area contributed by atoms with E-state index in [2.05, 4.69) is 0 Å². The topological polar surface area (TPSA) is 40.9 Å². The van der Waals surface area contributed by atoms with Crippen molar-refractivity contribution in [2.45, 2.75) is 19.8 Å². The number of hydrogen-bond donors (Lipinski definition) is 1. The smallest absolute Gasteiger partial charge is 0.120 e. The highest BCUT2D eigenvalue weighted by molar-refractivity contribution is 5.80. The molecule has 0 heterocycles. The lowest BCUT2D eigenvalue weighted by molar-refractivity contribution is -0.107. The van der Waals surface area contributed by atoms with Gasteiger partial charge in [-0.1, -0.05) is 0 Å². The molecule has 1 N–H and O–H groups in total. The van der Waals surface area contributed by atoms with Crippen LogP contribution in [0.15, 0.2) is 0 Å². The molecule has 2 heteroatoms. The summed E-state index contributed by atoms with van der Waals surface area (Å²) in [5, 5.41) is 6.84. The number of carbonyl (C=O) groups is 1. The van der Waals surface area contributed by atoms with E-state index in [4.69, 9.17) is 5.41 Å². The summed E-state index contributed by atoms with van der Waals surface area (Å²) in [5.41, 5.74) is 0.576. The zero-order valence-electron chi connectivity index (χ0n) is 4.40. The number of rotatable bonds is 3. The molecule has 2 nitrogen and oxygen atoms in total. The molecule has 0 amide bonds. The van der Waals surface area contributed by atoms with Crippen LogP contribution in [0.3, 0.4) is 0 Å². The van der Waals surface area contributed by atoms with Gasteiger partial charge < -0.3 is 10.2 Å². The van der Waals surface area contributed by atoms with E-state index >= 15 is 0 Å². The Hall–Kier alpha value is -0.660. The summed E-state index contributed by atoms with van der Waals surface area (Å²) in [7, 11) is 0. The van der Waals surface area contributed by atoms with Crippen molar-refractivity contribution in [3.05, 3.63) is 0 Å². The summed E-state index contributed by atoms with van der Waals surface area (Å²) >= 11 is 0. The van der Waals surface area contributed by atoms with E-state index in [1.807, 2.05) is 0 Å². The van der Waals surface area contributed by atoms with Crippen molar-refractivity contribution in [3.63, 3.8) is 0 Å². The average Bonchev–Trinajstić information content (AvgIpc) is 1.61. The number of nitrogens with one attached hydrogen (secondary N) is 1. The highest BCUT2D eigenvalue weighted by Gasteiger charge is 1.83. The van der Waals surface area contributed by atoms with Crippen LogP contribution in [0.1, 0.15) is 19.8 Å².